The third-order valence-corrected chi connectivity index (χ3v) is 6.90. The third kappa shape index (κ3) is 4.02. The van der Waals surface area contributed by atoms with Crippen LogP contribution in [0.2, 0.25) is 0 Å². The Balaban J connectivity index is 1.80. The summed E-state index contributed by atoms with van der Waals surface area (Å²) < 4.78 is 28.8. The zero-order valence-electron chi connectivity index (χ0n) is 15.4. The fraction of sp³-hybridized carbons (Fsp3) is 0.250. The molecule has 0 saturated heterocycles. The van der Waals surface area contributed by atoms with Gasteiger partial charge in [0.2, 0.25) is 0 Å². The van der Waals surface area contributed by atoms with E-state index in [1.165, 1.54) is 12.1 Å². The maximum atomic E-state index is 13.2. The monoisotopic (exact) mass is 478 g/mol. The Morgan fingerprint density at radius 3 is 2.59 bits per heavy atom. The molecule has 29 heavy (non-hydrogen) atoms. The van der Waals surface area contributed by atoms with Crippen LogP contribution in [0, 0.1) is 5.82 Å². The van der Waals surface area contributed by atoms with Gasteiger partial charge in [-0.25, -0.2) is 9.38 Å². The zero-order valence-corrected chi connectivity index (χ0v) is 17.8. The lowest BCUT2D eigenvalue weighted by molar-refractivity contribution is 0.466. The van der Waals surface area contributed by atoms with Gasteiger partial charge in [0.15, 0.2) is 5.96 Å². The number of guanidine groups is 1. The Morgan fingerprint density at radius 1 is 1.28 bits per heavy atom. The van der Waals surface area contributed by atoms with E-state index in [1.807, 2.05) is 12.1 Å². The first-order valence-corrected chi connectivity index (χ1v) is 11.2. The molecule has 1 fully saturated rings. The lowest BCUT2D eigenvalue weighted by Crippen LogP contribution is -2.22. The molecule has 1 saturated carbocycles. The highest BCUT2D eigenvalue weighted by Crippen LogP contribution is 2.44. The van der Waals surface area contributed by atoms with Crippen LogP contribution in [-0.2, 0) is 23.1 Å². The van der Waals surface area contributed by atoms with Crippen LogP contribution < -0.4 is 11.5 Å². The van der Waals surface area contributed by atoms with Crippen LogP contribution in [0.1, 0.15) is 30.1 Å². The van der Waals surface area contributed by atoms with Crippen LogP contribution in [0.4, 0.5) is 4.39 Å². The lowest BCUT2D eigenvalue weighted by Gasteiger charge is -2.11. The maximum Gasteiger partial charge on any atom is 0.186 e. The first-order chi connectivity index (χ1) is 13.8. The number of aromatic nitrogens is 1. The van der Waals surface area contributed by atoms with Gasteiger partial charge in [0, 0.05) is 27.6 Å². The van der Waals surface area contributed by atoms with Gasteiger partial charge in [0.25, 0.3) is 0 Å². The number of fused-ring (bicyclic) bond motifs is 1. The largest absolute Gasteiger partial charge is 0.506 e. The van der Waals surface area contributed by atoms with Gasteiger partial charge < -0.3 is 21.1 Å². The summed E-state index contributed by atoms with van der Waals surface area (Å²) in [6.45, 7) is 0.138. The molecule has 152 valence electrons. The fourth-order valence-electron chi connectivity index (χ4n) is 3.45. The van der Waals surface area contributed by atoms with Crippen molar-refractivity contribution in [2.45, 2.75) is 36.1 Å². The van der Waals surface area contributed by atoms with E-state index >= 15 is 0 Å². The molecule has 1 atom stereocenters. The normalized spacial score (nSPS) is 14.8. The summed E-state index contributed by atoms with van der Waals surface area (Å²) in [6, 6.07) is 9.85. The van der Waals surface area contributed by atoms with Crippen molar-refractivity contribution < 1.29 is 13.7 Å². The SMILES string of the molecule is NC(N)=NCc1c(O)c(Br)cc2c1cc(CS(=O)c1ccc(F)cc1)n2C1CC1. The van der Waals surface area contributed by atoms with Crippen LogP contribution in [0.5, 0.6) is 5.75 Å². The van der Waals surface area contributed by atoms with Crippen molar-refractivity contribution in [2.75, 3.05) is 0 Å². The predicted octanol–water partition coefficient (Wildman–Crippen LogP) is 3.66. The molecule has 1 aromatic heterocycles. The van der Waals surface area contributed by atoms with E-state index in [0.29, 0.717) is 21.0 Å². The molecule has 5 N–H and O–H groups in total. The minimum Gasteiger partial charge on any atom is -0.506 e. The van der Waals surface area contributed by atoms with Crippen molar-refractivity contribution >= 4 is 43.6 Å². The summed E-state index contributed by atoms with van der Waals surface area (Å²) in [4.78, 5) is 4.62. The van der Waals surface area contributed by atoms with Crippen molar-refractivity contribution in [3.8, 4) is 5.75 Å². The summed E-state index contributed by atoms with van der Waals surface area (Å²) in [5.74, 6) is -0.0438. The number of nitrogens with two attached hydrogens (primary N) is 2. The second kappa shape index (κ2) is 7.79. The van der Waals surface area contributed by atoms with Gasteiger partial charge in [-0.15, -0.1) is 0 Å². The number of benzene rings is 2. The average Bonchev–Trinajstić information content (AvgIpc) is 3.45. The van der Waals surface area contributed by atoms with Gasteiger partial charge in [0.1, 0.15) is 11.6 Å². The molecule has 1 heterocycles. The second-order valence-electron chi connectivity index (χ2n) is 7.04. The second-order valence-corrected chi connectivity index (χ2v) is 9.35. The van der Waals surface area contributed by atoms with Gasteiger partial charge >= 0.3 is 0 Å². The van der Waals surface area contributed by atoms with Gasteiger partial charge in [0.05, 0.1) is 33.1 Å². The minimum absolute atomic E-state index is 0.0585. The molecule has 2 aromatic carbocycles. The van der Waals surface area contributed by atoms with Crippen LogP contribution in [0.3, 0.4) is 0 Å². The van der Waals surface area contributed by atoms with Gasteiger partial charge in [-0.05, 0) is 65.2 Å². The molecule has 6 nitrogen and oxygen atoms in total. The Kier molecular flexibility index (Phi) is 5.35. The minimum atomic E-state index is -1.33. The molecule has 4 rings (SSSR count). The molecule has 0 spiro atoms. The number of aromatic hydroxyl groups is 1. The summed E-state index contributed by atoms with van der Waals surface area (Å²) in [5.41, 5.74) is 13.4. The van der Waals surface area contributed by atoms with Crippen molar-refractivity contribution in [3.63, 3.8) is 0 Å². The summed E-state index contributed by atoms with van der Waals surface area (Å²) in [5, 5.41) is 11.4. The molecule has 0 amide bonds. The van der Waals surface area contributed by atoms with Crippen molar-refractivity contribution in [1.82, 2.24) is 4.57 Å². The summed E-state index contributed by atoms with van der Waals surface area (Å²) in [6.07, 6.45) is 2.09. The number of phenols is 1. The number of nitrogens with zero attached hydrogens (tertiary/aromatic N) is 2. The lowest BCUT2D eigenvalue weighted by atomic mass is 10.1. The Labute approximate surface area is 178 Å². The maximum absolute atomic E-state index is 13.2. The highest BCUT2D eigenvalue weighted by Gasteiger charge is 2.29. The van der Waals surface area contributed by atoms with Crippen LogP contribution in [-0.4, -0.2) is 19.8 Å². The fourth-order valence-corrected chi connectivity index (χ4v) is 5.01. The summed E-state index contributed by atoms with van der Waals surface area (Å²) >= 11 is 3.41. The van der Waals surface area contributed by atoms with E-state index < -0.39 is 10.8 Å². The molecular formula is C20H20BrFN4O2S. The van der Waals surface area contributed by atoms with Gasteiger partial charge in [-0.3, -0.25) is 4.21 Å². The number of hydrogen-bond acceptors (Lipinski definition) is 3. The first kappa shape index (κ1) is 19.9. The van der Waals surface area contributed by atoms with E-state index in [9.17, 15) is 13.7 Å². The highest BCUT2D eigenvalue weighted by atomic mass is 79.9. The topological polar surface area (TPSA) is 107 Å². The third-order valence-electron chi connectivity index (χ3n) is 4.94. The summed E-state index contributed by atoms with van der Waals surface area (Å²) in [7, 11) is -1.33. The molecule has 0 radical (unpaired) electrons. The molecule has 1 unspecified atom stereocenters. The molecule has 0 bridgehead atoms. The quantitative estimate of drug-likeness (QED) is 0.371. The number of aliphatic imine (C=N–C) groups is 1. The molecule has 1 aliphatic rings. The van der Waals surface area contributed by atoms with E-state index in [-0.39, 0.29) is 29.8 Å². The molecule has 3 aromatic rings. The van der Waals surface area contributed by atoms with E-state index in [2.05, 4.69) is 25.5 Å². The van der Waals surface area contributed by atoms with E-state index in [4.69, 9.17) is 11.5 Å². The molecular weight excluding hydrogens is 459 g/mol. The highest BCUT2D eigenvalue weighted by molar-refractivity contribution is 9.10. The van der Waals surface area contributed by atoms with Crippen molar-refractivity contribution in [3.05, 3.63) is 57.9 Å². The number of rotatable bonds is 6. The predicted molar refractivity (Wildman–Crippen MR) is 116 cm³/mol. The number of halogens is 2. The zero-order chi connectivity index (χ0) is 20.7. The molecule has 9 heteroatoms. The first-order valence-electron chi connectivity index (χ1n) is 9.08. The van der Waals surface area contributed by atoms with Crippen molar-refractivity contribution in [1.29, 1.82) is 0 Å². The Bertz CT molecular complexity index is 1140. The Hall–Kier alpha value is -2.39. The molecule has 1 aliphatic carbocycles. The van der Waals surface area contributed by atoms with Crippen LogP contribution in [0.25, 0.3) is 10.9 Å². The number of hydrogen-bond donors (Lipinski definition) is 3. The molecule has 0 aliphatic heterocycles. The van der Waals surface area contributed by atoms with Gasteiger partial charge in [-0.2, -0.15) is 0 Å². The standard InChI is InChI=1S/C20H20BrFN4O2S/c21-17-8-18-15(16(19(17)27)9-25-20(23)24)7-13(26(18)12-3-4-12)10-29(28)14-5-1-11(22)2-6-14/h1-2,5-8,12,27H,3-4,9-10H2,(H4,23,24,25). The van der Waals surface area contributed by atoms with E-state index in [1.54, 1.807) is 12.1 Å². The van der Waals surface area contributed by atoms with Crippen LogP contribution >= 0.6 is 15.9 Å². The Morgan fingerprint density at radius 2 is 1.97 bits per heavy atom. The van der Waals surface area contributed by atoms with Crippen LogP contribution in [0.15, 0.2) is 50.8 Å². The van der Waals surface area contributed by atoms with Gasteiger partial charge in [-0.1, -0.05) is 0 Å². The van der Waals surface area contributed by atoms with E-state index in [0.717, 1.165) is 29.4 Å². The smallest absolute Gasteiger partial charge is 0.186 e. The average molecular weight is 479 g/mol. The van der Waals surface area contributed by atoms with Crippen molar-refractivity contribution in [2.24, 2.45) is 16.5 Å². The number of phenolic OH excluding ortho intramolecular Hbond substituents is 1.